The van der Waals surface area contributed by atoms with Crippen LogP contribution in [0.15, 0.2) is 88.7 Å². The molecule has 0 aliphatic heterocycles. The molecule has 0 aliphatic rings. The molecular weight excluding hydrogens is 360 g/mol. The molecule has 4 nitrogen and oxygen atoms in total. The van der Waals surface area contributed by atoms with Gasteiger partial charge in [0.25, 0.3) is 0 Å². The first-order valence-corrected chi connectivity index (χ1v) is 9.31. The summed E-state index contributed by atoms with van der Waals surface area (Å²) in [6.07, 6.45) is -0.701. The van der Waals surface area contributed by atoms with Crippen molar-refractivity contribution in [3.63, 3.8) is 0 Å². The number of rotatable bonds is 8. The van der Waals surface area contributed by atoms with Crippen molar-refractivity contribution in [1.82, 2.24) is 0 Å². The third-order valence-corrected chi connectivity index (χ3v) is 5.09. The van der Waals surface area contributed by atoms with Gasteiger partial charge in [-0.3, -0.25) is 0 Å². The Bertz CT molecular complexity index is 878. The zero-order valence-corrected chi connectivity index (χ0v) is 15.7. The summed E-state index contributed by atoms with van der Waals surface area (Å²) in [6, 6.07) is 24.7. The summed E-state index contributed by atoms with van der Waals surface area (Å²) in [5.41, 5.74) is 0.937. The van der Waals surface area contributed by atoms with Gasteiger partial charge in [-0.2, -0.15) is 0 Å². The number of carboxylic acid groups (broad SMARTS) is 1. The van der Waals surface area contributed by atoms with Crippen molar-refractivity contribution in [3.8, 4) is 11.5 Å². The number of carbonyl (C=O) groups is 1. The first-order valence-electron chi connectivity index (χ1n) is 8.50. The molecule has 0 unspecified atom stereocenters. The minimum absolute atomic E-state index is 0.275. The molecule has 0 fully saturated rings. The summed E-state index contributed by atoms with van der Waals surface area (Å²) in [6.45, 7) is 0. The van der Waals surface area contributed by atoms with Crippen LogP contribution in [0.5, 0.6) is 11.5 Å². The highest BCUT2D eigenvalue weighted by molar-refractivity contribution is 7.99. The predicted molar refractivity (Wildman–Crippen MR) is 106 cm³/mol. The highest BCUT2D eigenvalue weighted by Gasteiger charge is 2.21. The maximum absolute atomic E-state index is 11.7. The predicted octanol–water partition coefficient (Wildman–Crippen LogP) is 4.92. The van der Waals surface area contributed by atoms with Crippen LogP contribution < -0.4 is 9.47 Å². The summed E-state index contributed by atoms with van der Waals surface area (Å²) >= 11 is 1.61. The quantitative estimate of drug-likeness (QED) is 0.601. The molecule has 0 saturated carbocycles. The van der Waals surface area contributed by atoms with E-state index in [1.807, 2.05) is 54.6 Å². The van der Waals surface area contributed by atoms with Gasteiger partial charge >= 0.3 is 5.97 Å². The van der Waals surface area contributed by atoms with E-state index < -0.39 is 12.1 Å². The zero-order chi connectivity index (χ0) is 19.1. The lowest BCUT2D eigenvalue weighted by Crippen LogP contribution is -2.29. The van der Waals surface area contributed by atoms with Crippen LogP contribution in [0.2, 0.25) is 0 Å². The number of ether oxygens (including phenoxy) is 2. The number of benzene rings is 3. The van der Waals surface area contributed by atoms with Crippen molar-refractivity contribution < 1.29 is 19.4 Å². The average Bonchev–Trinajstić information content (AvgIpc) is 2.70. The van der Waals surface area contributed by atoms with Crippen molar-refractivity contribution in [2.75, 3.05) is 7.11 Å². The smallest absolute Gasteiger partial charge is 0.345 e. The Morgan fingerprint density at radius 2 is 1.56 bits per heavy atom. The van der Waals surface area contributed by atoms with Gasteiger partial charge in [0.15, 0.2) is 6.10 Å². The number of methoxy groups -OCH3 is 1. The number of carboxylic acids is 1. The Labute approximate surface area is 162 Å². The van der Waals surface area contributed by atoms with Crippen LogP contribution in [0.1, 0.15) is 5.56 Å². The minimum atomic E-state index is -0.995. The second kappa shape index (κ2) is 9.14. The Balaban J connectivity index is 1.77. The Kier molecular flexibility index (Phi) is 6.39. The first kappa shape index (κ1) is 18.9. The van der Waals surface area contributed by atoms with Gasteiger partial charge in [0.2, 0.25) is 0 Å². The first-order chi connectivity index (χ1) is 13.2. The van der Waals surface area contributed by atoms with Gasteiger partial charge in [-0.15, -0.1) is 0 Å². The van der Waals surface area contributed by atoms with Gasteiger partial charge in [0, 0.05) is 16.2 Å². The fraction of sp³-hybridized carbons (Fsp3) is 0.136. The maximum Gasteiger partial charge on any atom is 0.345 e. The Hall–Kier alpha value is -2.92. The van der Waals surface area contributed by atoms with Gasteiger partial charge in [0.1, 0.15) is 11.5 Å². The Morgan fingerprint density at radius 1 is 0.926 bits per heavy atom. The third-order valence-electron chi connectivity index (χ3n) is 3.96. The average molecular weight is 380 g/mol. The number of aliphatic carboxylic acids is 1. The molecule has 1 N–H and O–H groups in total. The van der Waals surface area contributed by atoms with Crippen LogP contribution >= 0.6 is 11.8 Å². The molecule has 0 radical (unpaired) electrons. The van der Waals surface area contributed by atoms with Crippen molar-refractivity contribution >= 4 is 17.7 Å². The molecule has 0 bridgehead atoms. The van der Waals surface area contributed by atoms with Gasteiger partial charge in [-0.25, -0.2) is 4.79 Å². The molecule has 3 aromatic rings. The molecule has 0 spiro atoms. The fourth-order valence-corrected chi connectivity index (χ4v) is 3.56. The van der Waals surface area contributed by atoms with Gasteiger partial charge in [0.05, 0.1) is 7.11 Å². The SMILES string of the molecule is COc1ccc(O[C@H](Cc2ccccc2Sc2ccccc2)C(=O)O)cc1. The molecule has 3 rings (SSSR count). The molecule has 3 aromatic carbocycles. The van der Waals surface area contributed by atoms with E-state index in [4.69, 9.17) is 9.47 Å². The highest BCUT2D eigenvalue weighted by Crippen LogP contribution is 2.31. The summed E-state index contributed by atoms with van der Waals surface area (Å²) in [5, 5.41) is 9.62. The van der Waals surface area contributed by atoms with Gasteiger partial charge < -0.3 is 14.6 Å². The molecular formula is C22H20O4S. The summed E-state index contributed by atoms with van der Waals surface area (Å²) in [4.78, 5) is 13.9. The van der Waals surface area contributed by atoms with Crippen LogP contribution in [-0.2, 0) is 11.2 Å². The molecule has 0 aromatic heterocycles. The molecule has 1 atom stereocenters. The van der Waals surface area contributed by atoms with E-state index in [0.29, 0.717) is 11.5 Å². The lowest BCUT2D eigenvalue weighted by molar-refractivity contribution is -0.145. The Morgan fingerprint density at radius 3 is 2.22 bits per heavy atom. The number of hydrogen-bond donors (Lipinski definition) is 1. The van der Waals surface area contributed by atoms with E-state index >= 15 is 0 Å². The summed E-state index contributed by atoms with van der Waals surface area (Å²) in [7, 11) is 1.58. The normalized spacial score (nSPS) is 11.6. The summed E-state index contributed by atoms with van der Waals surface area (Å²) in [5.74, 6) is 0.195. The van der Waals surface area contributed by atoms with E-state index in [2.05, 4.69) is 0 Å². The number of hydrogen-bond acceptors (Lipinski definition) is 4. The fourth-order valence-electron chi connectivity index (χ4n) is 2.59. The maximum atomic E-state index is 11.7. The molecule has 0 aliphatic carbocycles. The van der Waals surface area contributed by atoms with Gasteiger partial charge in [-0.1, -0.05) is 48.2 Å². The second-order valence-corrected chi connectivity index (χ2v) is 6.96. The standard InChI is InChI=1S/C22H20O4S/c1-25-17-11-13-18(14-12-17)26-20(22(23)24)15-16-7-5-6-10-21(16)27-19-8-3-2-4-9-19/h2-14,20H,15H2,1H3,(H,23,24)/t20-/m1/s1. The third kappa shape index (κ3) is 5.28. The van der Waals surface area contributed by atoms with Crippen LogP contribution in [0.4, 0.5) is 0 Å². The van der Waals surface area contributed by atoms with Crippen molar-refractivity contribution in [3.05, 3.63) is 84.4 Å². The van der Waals surface area contributed by atoms with Crippen molar-refractivity contribution in [2.45, 2.75) is 22.3 Å². The molecule has 0 heterocycles. The van der Waals surface area contributed by atoms with Gasteiger partial charge in [-0.05, 0) is 48.0 Å². The highest BCUT2D eigenvalue weighted by atomic mass is 32.2. The molecule has 27 heavy (non-hydrogen) atoms. The monoisotopic (exact) mass is 380 g/mol. The van der Waals surface area contributed by atoms with Crippen molar-refractivity contribution in [2.24, 2.45) is 0 Å². The largest absolute Gasteiger partial charge is 0.497 e. The van der Waals surface area contributed by atoms with E-state index in [-0.39, 0.29) is 6.42 Å². The zero-order valence-electron chi connectivity index (χ0n) is 14.9. The van der Waals surface area contributed by atoms with E-state index in [0.717, 1.165) is 15.4 Å². The molecule has 138 valence electrons. The lowest BCUT2D eigenvalue weighted by Gasteiger charge is -2.17. The lowest BCUT2D eigenvalue weighted by atomic mass is 10.1. The summed E-state index contributed by atoms with van der Waals surface area (Å²) < 4.78 is 10.8. The van der Waals surface area contributed by atoms with Crippen LogP contribution in [0, 0.1) is 0 Å². The molecule has 5 heteroatoms. The van der Waals surface area contributed by atoms with Crippen molar-refractivity contribution in [1.29, 1.82) is 0 Å². The van der Waals surface area contributed by atoms with E-state index in [1.165, 1.54) is 0 Å². The topological polar surface area (TPSA) is 55.8 Å². The van der Waals surface area contributed by atoms with Crippen LogP contribution in [-0.4, -0.2) is 24.3 Å². The minimum Gasteiger partial charge on any atom is -0.497 e. The van der Waals surface area contributed by atoms with Crippen LogP contribution in [0.25, 0.3) is 0 Å². The second-order valence-electron chi connectivity index (χ2n) is 5.85. The van der Waals surface area contributed by atoms with Crippen LogP contribution in [0.3, 0.4) is 0 Å². The molecule has 0 amide bonds. The van der Waals surface area contributed by atoms with E-state index in [1.54, 1.807) is 43.1 Å². The van der Waals surface area contributed by atoms with E-state index in [9.17, 15) is 9.90 Å². The molecule has 0 saturated heterocycles.